The Bertz CT molecular complexity index is 531. The molecule has 2 rings (SSSR count). The summed E-state index contributed by atoms with van der Waals surface area (Å²) in [5.74, 6) is 0.997. The Hall–Kier alpha value is -0.800. The van der Waals surface area contributed by atoms with Crippen molar-refractivity contribution in [2.75, 3.05) is 0 Å². The third-order valence-corrected chi connectivity index (χ3v) is 3.05. The normalized spacial score (nSPS) is 12.9. The monoisotopic (exact) mass is 298 g/mol. The molecule has 0 aliphatic carbocycles. The zero-order valence-corrected chi connectivity index (χ0v) is 11.3. The molecule has 0 spiro atoms. The lowest BCUT2D eigenvalue weighted by molar-refractivity contribution is 0.767. The largest absolute Gasteiger partial charge is 0.323 e. The molecule has 0 bridgehead atoms. The van der Waals surface area contributed by atoms with Crippen LogP contribution in [0.3, 0.4) is 0 Å². The van der Waals surface area contributed by atoms with E-state index in [0.717, 1.165) is 23.4 Å². The van der Waals surface area contributed by atoms with Gasteiger partial charge in [-0.05, 0) is 25.1 Å². The maximum absolute atomic E-state index is 5.96. The summed E-state index contributed by atoms with van der Waals surface area (Å²) in [6, 6.07) is 5.76. The first-order valence-corrected chi connectivity index (χ1v) is 6.33. The van der Waals surface area contributed by atoms with Crippen molar-refractivity contribution < 1.29 is 0 Å². The molecule has 84 valence electrons. The average Bonchev–Trinajstić information content (AvgIpc) is 2.57. The molecule has 16 heavy (non-hydrogen) atoms. The summed E-state index contributed by atoms with van der Waals surface area (Å²) in [6.45, 7) is 6.58. The molecule has 0 radical (unpaired) electrons. The second-order valence-corrected chi connectivity index (χ2v) is 5.43. The molecule has 2 aromatic rings. The van der Waals surface area contributed by atoms with Crippen LogP contribution >= 0.6 is 27.5 Å². The smallest absolute Gasteiger partial charge is 0.123 e. The number of nitrogens with zero attached hydrogens (tertiary/aromatic N) is 2. The molecule has 0 aliphatic rings. The van der Waals surface area contributed by atoms with Gasteiger partial charge in [0.2, 0.25) is 0 Å². The zero-order chi connectivity index (χ0) is 11.7. The van der Waals surface area contributed by atoms with Gasteiger partial charge in [-0.25, -0.2) is 4.98 Å². The Kier molecular flexibility index (Phi) is 3.36. The summed E-state index contributed by atoms with van der Waals surface area (Å²) in [7, 11) is 0. The molecular formula is C12H12BrClN2. The van der Waals surface area contributed by atoms with Crippen molar-refractivity contribution in [1.82, 2.24) is 9.55 Å². The van der Waals surface area contributed by atoms with Gasteiger partial charge in [0.15, 0.2) is 0 Å². The molecule has 4 heteroatoms. The minimum absolute atomic E-state index is 0.207. The van der Waals surface area contributed by atoms with Crippen molar-refractivity contribution in [2.24, 2.45) is 0 Å². The number of halogens is 2. The van der Waals surface area contributed by atoms with Gasteiger partial charge >= 0.3 is 0 Å². The lowest BCUT2D eigenvalue weighted by Crippen LogP contribution is -2.02. The Morgan fingerprint density at radius 1 is 1.62 bits per heavy atom. The van der Waals surface area contributed by atoms with E-state index in [9.17, 15) is 0 Å². The third kappa shape index (κ3) is 2.02. The molecule has 1 unspecified atom stereocenters. The molecule has 1 aromatic heterocycles. The molecule has 1 atom stereocenters. The highest BCUT2D eigenvalue weighted by atomic mass is 79.9. The lowest BCUT2D eigenvalue weighted by Gasteiger charge is -2.07. The lowest BCUT2D eigenvalue weighted by atomic mass is 10.3. The van der Waals surface area contributed by atoms with Gasteiger partial charge in [0, 0.05) is 11.6 Å². The highest BCUT2D eigenvalue weighted by Gasteiger charge is 2.13. The van der Waals surface area contributed by atoms with Gasteiger partial charge < -0.3 is 4.57 Å². The first-order chi connectivity index (χ1) is 7.63. The number of aromatic nitrogens is 2. The number of fused-ring (bicyclic) bond motifs is 1. The molecule has 0 N–H and O–H groups in total. The SMILES string of the molecule is C=CCn1c(C(C)Br)nc2cc(Cl)ccc21. The molecule has 0 saturated heterocycles. The topological polar surface area (TPSA) is 17.8 Å². The first kappa shape index (κ1) is 11.7. The number of alkyl halides is 1. The minimum Gasteiger partial charge on any atom is -0.323 e. The van der Waals surface area contributed by atoms with Crippen LogP contribution in [0.15, 0.2) is 30.9 Å². The van der Waals surface area contributed by atoms with Gasteiger partial charge in [0.1, 0.15) is 5.82 Å². The summed E-state index contributed by atoms with van der Waals surface area (Å²) in [6.07, 6.45) is 1.87. The van der Waals surface area contributed by atoms with Crippen molar-refractivity contribution in [3.63, 3.8) is 0 Å². The average molecular weight is 300 g/mol. The van der Waals surface area contributed by atoms with Crippen LogP contribution in [0.1, 0.15) is 17.6 Å². The van der Waals surface area contributed by atoms with Crippen LogP contribution in [0.4, 0.5) is 0 Å². The molecule has 0 fully saturated rings. The predicted molar refractivity (Wildman–Crippen MR) is 72.3 cm³/mol. The van der Waals surface area contributed by atoms with E-state index in [1.54, 1.807) is 0 Å². The Morgan fingerprint density at radius 2 is 2.38 bits per heavy atom. The second kappa shape index (κ2) is 4.60. The fourth-order valence-corrected chi connectivity index (χ4v) is 2.26. The van der Waals surface area contributed by atoms with Crippen LogP contribution in [0, 0.1) is 0 Å². The third-order valence-electron chi connectivity index (χ3n) is 2.41. The van der Waals surface area contributed by atoms with Crippen molar-refractivity contribution in [2.45, 2.75) is 18.3 Å². The van der Waals surface area contributed by atoms with Crippen LogP contribution < -0.4 is 0 Å². The zero-order valence-electron chi connectivity index (χ0n) is 8.95. The number of hydrogen-bond acceptors (Lipinski definition) is 1. The van der Waals surface area contributed by atoms with E-state index in [1.165, 1.54) is 0 Å². The van der Waals surface area contributed by atoms with Crippen molar-refractivity contribution in [3.8, 4) is 0 Å². The quantitative estimate of drug-likeness (QED) is 0.609. The van der Waals surface area contributed by atoms with Crippen molar-refractivity contribution in [3.05, 3.63) is 41.7 Å². The van der Waals surface area contributed by atoms with E-state index < -0.39 is 0 Å². The van der Waals surface area contributed by atoms with Crippen LogP contribution in [0.5, 0.6) is 0 Å². The van der Waals surface area contributed by atoms with E-state index in [1.807, 2.05) is 24.3 Å². The molecule has 2 nitrogen and oxygen atoms in total. The van der Waals surface area contributed by atoms with E-state index in [4.69, 9.17) is 11.6 Å². The summed E-state index contributed by atoms with van der Waals surface area (Å²) in [5.41, 5.74) is 2.02. The Balaban J connectivity index is 2.70. The van der Waals surface area contributed by atoms with E-state index in [0.29, 0.717) is 5.02 Å². The Morgan fingerprint density at radius 3 is 3.00 bits per heavy atom. The summed E-state index contributed by atoms with van der Waals surface area (Å²) in [5, 5.41) is 0.713. The van der Waals surface area contributed by atoms with Gasteiger partial charge in [-0.2, -0.15) is 0 Å². The van der Waals surface area contributed by atoms with Crippen molar-refractivity contribution in [1.29, 1.82) is 0 Å². The number of hydrogen-bond donors (Lipinski definition) is 0. The second-order valence-electron chi connectivity index (χ2n) is 3.62. The van der Waals surface area contributed by atoms with Crippen LogP contribution in [0.25, 0.3) is 11.0 Å². The summed E-state index contributed by atoms with van der Waals surface area (Å²) >= 11 is 9.51. The number of rotatable bonds is 3. The van der Waals surface area contributed by atoms with Gasteiger partial charge in [-0.3, -0.25) is 0 Å². The van der Waals surface area contributed by atoms with E-state index in [2.05, 4.69) is 39.0 Å². The van der Waals surface area contributed by atoms with Gasteiger partial charge in [0.25, 0.3) is 0 Å². The van der Waals surface area contributed by atoms with Crippen LogP contribution in [-0.4, -0.2) is 9.55 Å². The van der Waals surface area contributed by atoms with Crippen molar-refractivity contribution >= 4 is 38.6 Å². The van der Waals surface area contributed by atoms with E-state index >= 15 is 0 Å². The minimum atomic E-state index is 0.207. The molecule has 0 aliphatic heterocycles. The predicted octanol–water partition coefficient (Wildman–Crippen LogP) is 4.33. The number of imidazole rings is 1. The number of benzene rings is 1. The van der Waals surface area contributed by atoms with Gasteiger partial charge in [-0.15, -0.1) is 6.58 Å². The van der Waals surface area contributed by atoms with Crippen LogP contribution in [0.2, 0.25) is 5.02 Å². The highest BCUT2D eigenvalue weighted by molar-refractivity contribution is 9.09. The molecular weight excluding hydrogens is 288 g/mol. The molecule has 1 heterocycles. The van der Waals surface area contributed by atoms with Gasteiger partial charge in [0.05, 0.1) is 15.9 Å². The van der Waals surface area contributed by atoms with Gasteiger partial charge in [-0.1, -0.05) is 33.6 Å². The number of allylic oxidation sites excluding steroid dienone is 1. The molecule has 0 saturated carbocycles. The maximum atomic E-state index is 5.96. The standard InChI is InChI=1S/C12H12BrClN2/c1-3-6-16-11-5-4-9(14)7-10(11)15-12(16)8(2)13/h3-5,7-8H,1,6H2,2H3. The summed E-state index contributed by atoms with van der Waals surface area (Å²) < 4.78 is 2.14. The first-order valence-electron chi connectivity index (χ1n) is 5.04. The van der Waals surface area contributed by atoms with E-state index in [-0.39, 0.29) is 4.83 Å². The maximum Gasteiger partial charge on any atom is 0.123 e. The molecule has 0 amide bonds. The highest BCUT2D eigenvalue weighted by Crippen LogP contribution is 2.27. The Labute approximate surface area is 108 Å². The molecule has 1 aromatic carbocycles. The fourth-order valence-electron chi connectivity index (χ4n) is 1.75. The van der Waals surface area contributed by atoms with Crippen LogP contribution in [-0.2, 0) is 6.54 Å². The summed E-state index contributed by atoms with van der Waals surface area (Å²) in [4.78, 5) is 4.78. The fraction of sp³-hybridized carbons (Fsp3) is 0.250.